The Morgan fingerprint density at radius 2 is 1.66 bits per heavy atom. The van der Waals surface area contributed by atoms with E-state index in [9.17, 15) is 26.4 Å². The number of nitrogens with one attached hydrogen (secondary N) is 2. The third-order valence-corrected chi connectivity index (χ3v) is 6.62. The van der Waals surface area contributed by atoms with Crippen LogP contribution in [0.3, 0.4) is 0 Å². The smallest absolute Gasteiger partial charge is 0.360 e. The molecule has 0 radical (unpaired) electrons. The quantitative estimate of drug-likeness (QED) is 0.307. The van der Waals surface area contributed by atoms with Crippen molar-refractivity contribution in [2.45, 2.75) is 23.5 Å². The maximum atomic E-state index is 13.5. The van der Waals surface area contributed by atoms with E-state index in [0.717, 1.165) is 11.6 Å². The summed E-state index contributed by atoms with van der Waals surface area (Å²) in [5.41, 5.74) is 0.686. The van der Waals surface area contributed by atoms with Gasteiger partial charge in [-0.05, 0) is 35.7 Å². The second kappa shape index (κ2) is 9.65. The molecule has 4 N–H and O–H groups in total. The van der Waals surface area contributed by atoms with Crippen LogP contribution in [-0.4, -0.2) is 25.7 Å². The van der Waals surface area contributed by atoms with Crippen LogP contribution in [0, 0.1) is 0 Å². The number of ketones is 1. The van der Waals surface area contributed by atoms with Crippen LogP contribution in [0.4, 0.5) is 13.2 Å². The summed E-state index contributed by atoms with van der Waals surface area (Å²) in [6.07, 6.45) is -2.76. The topological polar surface area (TPSA) is 105 Å². The van der Waals surface area contributed by atoms with Gasteiger partial charge in [0.05, 0.1) is 22.0 Å². The van der Waals surface area contributed by atoms with Gasteiger partial charge >= 0.3 is 6.18 Å². The number of carbonyl (C=O) groups excluding carboxylic acids is 1. The number of hydrogen-bond acceptors (Lipinski definition) is 4. The summed E-state index contributed by atoms with van der Waals surface area (Å²) in [4.78, 5) is 16.2. The highest BCUT2D eigenvalue weighted by atomic mass is 32.2. The number of primary sulfonamides is 1. The van der Waals surface area contributed by atoms with Crippen molar-refractivity contribution in [3.63, 3.8) is 0 Å². The Morgan fingerprint density at radius 3 is 2.29 bits per heavy atom. The number of aromatic nitrogens is 1. The van der Waals surface area contributed by atoms with Crippen molar-refractivity contribution in [3.8, 4) is 0 Å². The molecule has 0 aliphatic rings. The number of fused-ring (bicyclic) bond motifs is 1. The van der Waals surface area contributed by atoms with Crippen molar-refractivity contribution in [2.24, 2.45) is 5.14 Å². The highest BCUT2D eigenvalue weighted by molar-refractivity contribution is 7.89. The van der Waals surface area contributed by atoms with E-state index < -0.39 is 27.8 Å². The molecule has 35 heavy (non-hydrogen) atoms. The van der Waals surface area contributed by atoms with E-state index >= 15 is 0 Å². The van der Waals surface area contributed by atoms with Gasteiger partial charge in [0, 0.05) is 23.7 Å². The Balaban J connectivity index is 1.59. The number of sulfonamides is 1. The largest absolute Gasteiger partial charge is 0.418 e. The molecule has 10 heteroatoms. The maximum Gasteiger partial charge on any atom is 0.418 e. The molecule has 4 rings (SSSR count). The van der Waals surface area contributed by atoms with Gasteiger partial charge in [-0.25, -0.2) is 13.6 Å². The number of halogens is 3. The highest BCUT2D eigenvalue weighted by Gasteiger charge is 2.34. The maximum absolute atomic E-state index is 13.5. The molecule has 0 spiro atoms. The van der Waals surface area contributed by atoms with Crippen LogP contribution in [-0.2, 0) is 22.6 Å². The van der Waals surface area contributed by atoms with Gasteiger partial charge < -0.3 is 10.3 Å². The Morgan fingerprint density at radius 1 is 0.971 bits per heavy atom. The number of rotatable bonds is 8. The first-order chi connectivity index (χ1) is 16.6. The number of Topliss-reactive ketones (excluding diaryl/α,β-unsaturated/α-hetero) is 1. The number of hydrogen-bond donors (Lipinski definition) is 3. The van der Waals surface area contributed by atoms with Gasteiger partial charge in [0.25, 0.3) is 0 Å². The van der Waals surface area contributed by atoms with Crippen LogP contribution in [0.5, 0.6) is 0 Å². The molecule has 0 bridgehead atoms. The summed E-state index contributed by atoms with van der Waals surface area (Å²) >= 11 is 0. The fourth-order valence-corrected chi connectivity index (χ4v) is 4.48. The standard InChI is InChI=1S/C25H22F3N3O3S/c26-25(27,28)21-8-4-7-19-20(15-31-23(19)21)24(32)22(17-5-2-1-3-6-17)30-14-13-16-9-11-18(12-10-16)35(29,33)34/h1-12,15,22,30-31H,13-14H2,(H2,29,33,34). The number of aromatic amines is 1. The first-order valence-electron chi connectivity index (χ1n) is 10.7. The zero-order valence-electron chi connectivity index (χ0n) is 18.3. The number of para-hydroxylation sites is 1. The van der Waals surface area contributed by atoms with E-state index in [1.165, 1.54) is 30.5 Å². The van der Waals surface area contributed by atoms with E-state index in [2.05, 4.69) is 10.3 Å². The van der Waals surface area contributed by atoms with E-state index in [0.29, 0.717) is 18.5 Å². The van der Waals surface area contributed by atoms with Crippen molar-refractivity contribution >= 4 is 26.7 Å². The van der Waals surface area contributed by atoms with Gasteiger partial charge in [-0.15, -0.1) is 0 Å². The van der Waals surface area contributed by atoms with Gasteiger partial charge in [0.2, 0.25) is 10.0 Å². The average molecular weight is 502 g/mol. The molecule has 0 aliphatic carbocycles. The Kier molecular flexibility index (Phi) is 6.79. The van der Waals surface area contributed by atoms with E-state index in [4.69, 9.17) is 5.14 Å². The van der Waals surface area contributed by atoms with Crippen LogP contribution in [0.25, 0.3) is 10.9 Å². The fraction of sp³-hybridized carbons (Fsp3) is 0.160. The lowest BCUT2D eigenvalue weighted by atomic mass is 9.96. The Hall–Kier alpha value is -3.47. The lowest BCUT2D eigenvalue weighted by Gasteiger charge is -2.18. The van der Waals surface area contributed by atoms with Crippen molar-refractivity contribution in [1.29, 1.82) is 0 Å². The predicted molar refractivity (Wildman–Crippen MR) is 126 cm³/mol. The first kappa shape index (κ1) is 24.6. The van der Waals surface area contributed by atoms with Crippen LogP contribution in [0.2, 0.25) is 0 Å². The van der Waals surface area contributed by atoms with E-state index in [1.807, 2.05) is 0 Å². The third kappa shape index (κ3) is 5.45. The van der Waals surface area contributed by atoms with Gasteiger partial charge in [0.1, 0.15) is 0 Å². The summed E-state index contributed by atoms with van der Waals surface area (Å²) in [6.45, 7) is 0.357. The monoisotopic (exact) mass is 501 g/mol. The minimum absolute atomic E-state index is 0.00381. The molecule has 1 unspecified atom stereocenters. The van der Waals surface area contributed by atoms with Gasteiger partial charge in [-0.3, -0.25) is 4.79 Å². The summed E-state index contributed by atoms with van der Waals surface area (Å²) in [5.74, 6) is -0.369. The second-order valence-corrected chi connectivity index (χ2v) is 9.59. The molecule has 6 nitrogen and oxygen atoms in total. The molecule has 1 aromatic heterocycles. The van der Waals surface area contributed by atoms with Gasteiger partial charge in [0.15, 0.2) is 5.78 Å². The Labute approximate surface area is 200 Å². The number of alkyl halides is 3. The number of benzene rings is 3. The highest BCUT2D eigenvalue weighted by Crippen LogP contribution is 2.36. The third-order valence-electron chi connectivity index (χ3n) is 5.70. The predicted octanol–water partition coefficient (Wildman–Crippen LogP) is 4.59. The number of carbonyl (C=O) groups is 1. The average Bonchev–Trinajstić information content (AvgIpc) is 3.25. The molecule has 0 saturated carbocycles. The van der Waals surface area contributed by atoms with Crippen LogP contribution in [0.1, 0.15) is 33.1 Å². The molecule has 0 saturated heterocycles. The molecule has 3 aromatic carbocycles. The molecule has 182 valence electrons. The summed E-state index contributed by atoms with van der Waals surface area (Å²) in [7, 11) is -3.79. The van der Waals surface area contributed by atoms with Crippen LogP contribution >= 0.6 is 0 Å². The van der Waals surface area contributed by atoms with Crippen LogP contribution < -0.4 is 10.5 Å². The summed E-state index contributed by atoms with van der Waals surface area (Å²) in [5, 5.41) is 8.52. The first-order valence-corrected chi connectivity index (χ1v) is 12.2. The second-order valence-electron chi connectivity index (χ2n) is 8.03. The number of H-pyrrole nitrogens is 1. The lowest BCUT2D eigenvalue weighted by Crippen LogP contribution is -2.30. The molecule has 0 amide bonds. The molecule has 1 heterocycles. The van der Waals surface area contributed by atoms with Crippen molar-refractivity contribution in [3.05, 3.63) is 101 Å². The van der Waals surface area contributed by atoms with Crippen molar-refractivity contribution in [2.75, 3.05) is 6.54 Å². The summed E-state index contributed by atoms with van der Waals surface area (Å²) < 4.78 is 63.1. The molecule has 0 fully saturated rings. The molecular weight excluding hydrogens is 479 g/mol. The summed E-state index contributed by atoms with van der Waals surface area (Å²) in [6, 6.07) is 17.9. The van der Waals surface area contributed by atoms with Crippen molar-refractivity contribution in [1.82, 2.24) is 10.3 Å². The van der Waals surface area contributed by atoms with Gasteiger partial charge in [-0.1, -0.05) is 54.6 Å². The minimum atomic E-state index is -4.56. The molecule has 0 aliphatic heterocycles. The normalized spacial score (nSPS) is 13.1. The molecular formula is C25H22F3N3O3S. The van der Waals surface area contributed by atoms with Gasteiger partial charge in [-0.2, -0.15) is 13.2 Å². The molecule has 4 aromatic rings. The van der Waals surface area contributed by atoms with Crippen LogP contribution in [0.15, 0.2) is 83.9 Å². The zero-order valence-corrected chi connectivity index (χ0v) is 19.2. The SMILES string of the molecule is NS(=O)(=O)c1ccc(CCNC(C(=O)c2c[nH]c3c(C(F)(F)F)cccc23)c2ccccc2)cc1. The van der Waals surface area contributed by atoms with Crippen molar-refractivity contribution < 1.29 is 26.4 Å². The van der Waals surface area contributed by atoms with E-state index in [1.54, 1.807) is 42.5 Å². The zero-order chi connectivity index (χ0) is 25.2. The lowest BCUT2D eigenvalue weighted by molar-refractivity contribution is -0.136. The minimum Gasteiger partial charge on any atom is -0.360 e. The van der Waals surface area contributed by atoms with E-state index in [-0.39, 0.29) is 27.1 Å². The number of nitrogens with two attached hydrogens (primary N) is 1. The Bertz CT molecular complexity index is 1450. The fourth-order valence-electron chi connectivity index (χ4n) is 3.96. The molecule has 1 atom stereocenters.